The molecule has 1 aliphatic heterocycles. The van der Waals surface area contributed by atoms with Crippen molar-refractivity contribution in [3.8, 4) is 11.5 Å². The van der Waals surface area contributed by atoms with Gasteiger partial charge in [0.1, 0.15) is 17.1 Å². The van der Waals surface area contributed by atoms with E-state index in [0.29, 0.717) is 5.75 Å². The summed E-state index contributed by atoms with van der Waals surface area (Å²) in [6, 6.07) is 1.85. The Balaban J connectivity index is 1.69. The molecule has 172 valence electrons. The summed E-state index contributed by atoms with van der Waals surface area (Å²) in [7, 11) is 0. The molecule has 0 fully saturated rings. The number of rotatable bonds is 12. The number of phenolic OH excluding ortho intramolecular Hbond substituents is 1. The first-order chi connectivity index (χ1) is 14.1. The number of phenols is 1. The molecule has 30 heavy (non-hydrogen) atoms. The summed E-state index contributed by atoms with van der Waals surface area (Å²) in [6.07, 6.45) is 14.1. The van der Waals surface area contributed by atoms with Crippen LogP contribution in [0, 0.1) is 31.6 Å². The lowest BCUT2D eigenvalue weighted by Gasteiger charge is -2.37. The Labute approximate surface area is 186 Å². The molecule has 1 aromatic carbocycles. The number of hydrogen-bond acceptors (Lipinski definition) is 2. The van der Waals surface area contributed by atoms with Crippen LogP contribution in [0.5, 0.6) is 11.5 Å². The molecule has 0 saturated heterocycles. The summed E-state index contributed by atoms with van der Waals surface area (Å²) >= 11 is 0. The Morgan fingerprint density at radius 3 is 2.10 bits per heavy atom. The van der Waals surface area contributed by atoms with Gasteiger partial charge in [-0.1, -0.05) is 72.6 Å². The summed E-state index contributed by atoms with van der Waals surface area (Å²) in [4.78, 5) is 0. The Bertz CT molecular complexity index is 663. The van der Waals surface area contributed by atoms with E-state index in [1.807, 2.05) is 13.0 Å². The van der Waals surface area contributed by atoms with Gasteiger partial charge in [0.15, 0.2) is 0 Å². The highest BCUT2D eigenvalue weighted by Crippen LogP contribution is 2.42. The van der Waals surface area contributed by atoms with E-state index in [9.17, 15) is 5.11 Å². The standard InChI is InChI=1S/C28H48O2/c1-20(2)11-8-12-21(3)13-9-14-22(4)15-10-17-28(7)18-16-25-24(6)26(29)19-23(5)27(25)30-28/h19-22,29H,8-18H2,1-7H3/t21-,22+,28+/m0/s1. The highest BCUT2D eigenvalue weighted by Gasteiger charge is 2.33. The molecule has 0 radical (unpaired) electrons. The van der Waals surface area contributed by atoms with Gasteiger partial charge in [-0.3, -0.25) is 0 Å². The zero-order valence-electron chi connectivity index (χ0n) is 20.9. The van der Waals surface area contributed by atoms with Crippen LogP contribution >= 0.6 is 0 Å². The lowest BCUT2D eigenvalue weighted by Crippen LogP contribution is -2.37. The minimum atomic E-state index is -0.0637. The largest absolute Gasteiger partial charge is 0.508 e. The van der Waals surface area contributed by atoms with E-state index in [2.05, 4.69) is 41.5 Å². The van der Waals surface area contributed by atoms with Crippen molar-refractivity contribution in [1.82, 2.24) is 0 Å². The molecule has 2 nitrogen and oxygen atoms in total. The third kappa shape index (κ3) is 7.50. The quantitative estimate of drug-likeness (QED) is 0.370. The second-order valence-corrected chi connectivity index (χ2v) is 11.1. The second-order valence-electron chi connectivity index (χ2n) is 11.1. The SMILES string of the molecule is Cc1cc(O)c(C)c2c1O[C@](C)(CCC[C@H](C)CCC[C@@H](C)CCCC(C)C)CC2. The molecule has 1 aromatic rings. The maximum Gasteiger partial charge on any atom is 0.126 e. The second kappa shape index (κ2) is 11.4. The summed E-state index contributed by atoms with van der Waals surface area (Å²) < 4.78 is 6.52. The van der Waals surface area contributed by atoms with Crippen LogP contribution in [0.15, 0.2) is 6.07 Å². The molecule has 0 amide bonds. The van der Waals surface area contributed by atoms with Crippen molar-refractivity contribution in [3.05, 3.63) is 22.8 Å². The van der Waals surface area contributed by atoms with E-state index in [-0.39, 0.29) is 5.60 Å². The number of ether oxygens (including phenoxy) is 1. The lowest BCUT2D eigenvalue weighted by molar-refractivity contribution is 0.0512. The summed E-state index contributed by atoms with van der Waals surface area (Å²) in [5.41, 5.74) is 3.20. The number of aromatic hydroxyl groups is 1. The van der Waals surface area contributed by atoms with Gasteiger partial charge in [0, 0.05) is 5.56 Å². The van der Waals surface area contributed by atoms with Gasteiger partial charge in [-0.25, -0.2) is 0 Å². The van der Waals surface area contributed by atoms with Crippen molar-refractivity contribution in [3.63, 3.8) is 0 Å². The Kier molecular flexibility index (Phi) is 9.57. The predicted octanol–water partition coefficient (Wildman–Crippen LogP) is 8.53. The molecule has 2 rings (SSSR count). The van der Waals surface area contributed by atoms with Crippen molar-refractivity contribution in [2.45, 2.75) is 125 Å². The lowest BCUT2D eigenvalue weighted by atomic mass is 9.84. The van der Waals surface area contributed by atoms with Gasteiger partial charge in [-0.05, 0) is 81.4 Å². The maximum absolute atomic E-state index is 10.1. The molecule has 0 aromatic heterocycles. The highest BCUT2D eigenvalue weighted by molar-refractivity contribution is 5.53. The van der Waals surface area contributed by atoms with E-state index < -0.39 is 0 Å². The van der Waals surface area contributed by atoms with Crippen molar-refractivity contribution >= 4 is 0 Å². The van der Waals surface area contributed by atoms with Crippen molar-refractivity contribution in [1.29, 1.82) is 0 Å². The van der Waals surface area contributed by atoms with Crippen LogP contribution in [0.2, 0.25) is 0 Å². The third-order valence-corrected chi connectivity index (χ3v) is 7.35. The van der Waals surface area contributed by atoms with Gasteiger partial charge < -0.3 is 9.84 Å². The Hall–Kier alpha value is -1.18. The van der Waals surface area contributed by atoms with E-state index in [1.54, 1.807) is 0 Å². The molecule has 3 atom stereocenters. The van der Waals surface area contributed by atoms with Crippen molar-refractivity contribution in [2.75, 3.05) is 0 Å². The summed E-state index contributed by atoms with van der Waals surface area (Å²) in [5.74, 6) is 3.98. The van der Waals surface area contributed by atoms with Gasteiger partial charge in [-0.15, -0.1) is 0 Å². The van der Waals surface area contributed by atoms with Crippen molar-refractivity contribution in [2.24, 2.45) is 17.8 Å². The first kappa shape index (κ1) is 25.1. The summed E-state index contributed by atoms with van der Waals surface area (Å²) in [6.45, 7) is 15.9. The molecule has 0 saturated carbocycles. The van der Waals surface area contributed by atoms with Gasteiger partial charge >= 0.3 is 0 Å². The van der Waals surface area contributed by atoms with Crippen LogP contribution < -0.4 is 4.74 Å². The number of fused-ring (bicyclic) bond motifs is 1. The number of hydrogen-bond donors (Lipinski definition) is 1. The first-order valence-electron chi connectivity index (χ1n) is 12.6. The molecule has 1 aliphatic rings. The topological polar surface area (TPSA) is 29.5 Å². The van der Waals surface area contributed by atoms with E-state index in [0.717, 1.165) is 53.9 Å². The van der Waals surface area contributed by atoms with E-state index in [1.165, 1.54) is 56.9 Å². The van der Waals surface area contributed by atoms with Gasteiger partial charge in [-0.2, -0.15) is 0 Å². The van der Waals surface area contributed by atoms with Crippen LogP contribution in [0.4, 0.5) is 0 Å². The molecular weight excluding hydrogens is 368 g/mol. The average molecular weight is 417 g/mol. The minimum Gasteiger partial charge on any atom is -0.508 e. The van der Waals surface area contributed by atoms with Crippen molar-refractivity contribution < 1.29 is 9.84 Å². The molecule has 0 bridgehead atoms. The molecule has 1 heterocycles. The molecule has 1 N–H and O–H groups in total. The molecule has 0 spiro atoms. The zero-order valence-corrected chi connectivity index (χ0v) is 20.9. The molecule has 0 aliphatic carbocycles. The fourth-order valence-corrected chi connectivity index (χ4v) is 5.05. The van der Waals surface area contributed by atoms with Crippen LogP contribution in [0.1, 0.15) is 116 Å². The number of aryl methyl sites for hydroxylation is 1. The van der Waals surface area contributed by atoms with Gasteiger partial charge in [0.05, 0.1) is 0 Å². The zero-order chi connectivity index (χ0) is 22.3. The Morgan fingerprint density at radius 1 is 0.933 bits per heavy atom. The van der Waals surface area contributed by atoms with Gasteiger partial charge in [0.2, 0.25) is 0 Å². The summed E-state index contributed by atoms with van der Waals surface area (Å²) in [5, 5.41) is 10.1. The first-order valence-corrected chi connectivity index (χ1v) is 12.6. The van der Waals surface area contributed by atoms with E-state index in [4.69, 9.17) is 4.74 Å². The van der Waals surface area contributed by atoms with Gasteiger partial charge in [0.25, 0.3) is 0 Å². The fourth-order valence-electron chi connectivity index (χ4n) is 5.05. The van der Waals surface area contributed by atoms with Crippen LogP contribution in [0.3, 0.4) is 0 Å². The third-order valence-electron chi connectivity index (χ3n) is 7.35. The Morgan fingerprint density at radius 2 is 1.50 bits per heavy atom. The monoisotopic (exact) mass is 416 g/mol. The average Bonchev–Trinajstić information content (AvgIpc) is 2.66. The molecule has 2 heteroatoms. The van der Waals surface area contributed by atoms with E-state index >= 15 is 0 Å². The highest BCUT2D eigenvalue weighted by atomic mass is 16.5. The minimum absolute atomic E-state index is 0.0637. The number of benzene rings is 1. The maximum atomic E-state index is 10.1. The van der Waals surface area contributed by atoms with Crippen LogP contribution in [-0.2, 0) is 6.42 Å². The van der Waals surface area contributed by atoms with Crippen LogP contribution in [-0.4, -0.2) is 10.7 Å². The molecule has 0 unspecified atom stereocenters. The van der Waals surface area contributed by atoms with Crippen LogP contribution in [0.25, 0.3) is 0 Å². The normalized spacial score (nSPS) is 20.7. The fraction of sp³-hybridized carbons (Fsp3) is 0.786. The smallest absolute Gasteiger partial charge is 0.126 e. The predicted molar refractivity (Wildman–Crippen MR) is 130 cm³/mol. The molecular formula is C28H48O2.